The number of esters is 1. The van der Waals surface area contributed by atoms with Gasteiger partial charge in [-0.1, -0.05) is 6.92 Å². The standard InChI is InChI=1S/C20H27NO6S/c1-3-20(19(22)25-4-2)13-14-6-9-18(20)21(14)28(23,24)15-7-8-16-17(12-15)27-11-5-10-26-16/h7-8,12,14,18H,3-6,9-11,13H2,1-2H3/t14-,18+,20+/m0/s1. The molecule has 1 aromatic carbocycles. The smallest absolute Gasteiger partial charge is 0.313 e. The zero-order chi connectivity index (χ0) is 19.9. The van der Waals surface area contributed by atoms with E-state index in [1.807, 2.05) is 6.92 Å². The lowest BCUT2D eigenvalue weighted by Gasteiger charge is -2.34. The molecule has 4 rings (SSSR count). The molecule has 28 heavy (non-hydrogen) atoms. The number of nitrogens with zero attached hydrogens (tertiary/aromatic N) is 1. The quantitative estimate of drug-likeness (QED) is 0.696. The van der Waals surface area contributed by atoms with Crippen LogP contribution in [-0.2, 0) is 19.6 Å². The highest BCUT2D eigenvalue weighted by Gasteiger charge is 2.63. The van der Waals surface area contributed by atoms with E-state index in [0.717, 1.165) is 12.8 Å². The van der Waals surface area contributed by atoms with Crippen molar-refractivity contribution in [3.63, 3.8) is 0 Å². The Kier molecular flexibility index (Phi) is 5.03. The molecule has 0 amide bonds. The molecule has 0 aromatic heterocycles. The summed E-state index contributed by atoms with van der Waals surface area (Å²) in [4.78, 5) is 12.9. The van der Waals surface area contributed by atoms with E-state index in [-0.39, 0.29) is 22.9 Å². The summed E-state index contributed by atoms with van der Waals surface area (Å²) in [5.41, 5.74) is -0.753. The highest BCUT2D eigenvalue weighted by atomic mass is 32.2. The van der Waals surface area contributed by atoms with Gasteiger partial charge in [-0.3, -0.25) is 4.79 Å². The second-order valence-electron chi connectivity index (χ2n) is 7.68. The van der Waals surface area contributed by atoms with Crippen LogP contribution in [0.3, 0.4) is 0 Å². The number of carbonyl (C=O) groups is 1. The van der Waals surface area contributed by atoms with Crippen molar-refractivity contribution >= 4 is 16.0 Å². The maximum atomic E-state index is 13.5. The van der Waals surface area contributed by atoms with Crippen molar-refractivity contribution < 1.29 is 27.4 Å². The Labute approximate surface area is 166 Å². The van der Waals surface area contributed by atoms with Gasteiger partial charge in [-0.15, -0.1) is 0 Å². The SMILES string of the molecule is CCOC(=O)[C@]1(CC)C[C@@H]2CC[C@H]1N2S(=O)(=O)c1ccc2c(c1)OCCCO2. The maximum absolute atomic E-state index is 13.5. The summed E-state index contributed by atoms with van der Waals surface area (Å²) in [5, 5.41) is 0. The van der Waals surface area contributed by atoms with Gasteiger partial charge in [-0.25, -0.2) is 8.42 Å². The van der Waals surface area contributed by atoms with Crippen molar-refractivity contribution in [1.29, 1.82) is 0 Å². The molecule has 0 N–H and O–H groups in total. The summed E-state index contributed by atoms with van der Waals surface area (Å²) < 4.78 is 45.2. The Morgan fingerprint density at radius 1 is 1.21 bits per heavy atom. The summed E-state index contributed by atoms with van der Waals surface area (Å²) in [5.74, 6) is 0.746. The fourth-order valence-electron chi connectivity index (χ4n) is 4.94. The highest BCUT2D eigenvalue weighted by Crippen LogP contribution is 2.54. The van der Waals surface area contributed by atoms with Crippen LogP contribution in [0.25, 0.3) is 0 Å². The van der Waals surface area contributed by atoms with E-state index < -0.39 is 15.4 Å². The Morgan fingerprint density at radius 3 is 2.68 bits per heavy atom. The maximum Gasteiger partial charge on any atom is 0.313 e. The molecule has 8 heteroatoms. The monoisotopic (exact) mass is 409 g/mol. The topological polar surface area (TPSA) is 82.1 Å². The van der Waals surface area contributed by atoms with E-state index in [1.165, 1.54) is 0 Å². The molecule has 0 spiro atoms. The number of hydrogen-bond acceptors (Lipinski definition) is 6. The van der Waals surface area contributed by atoms with E-state index in [0.29, 0.717) is 50.6 Å². The van der Waals surface area contributed by atoms with E-state index in [1.54, 1.807) is 29.4 Å². The molecule has 2 fully saturated rings. The Balaban J connectivity index is 1.69. The van der Waals surface area contributed by atoms with Crippen LogP contribution >= 0.6 is 0 Å². The minimum Gasteiger partial charge on any atom is -0.490 e. The summed E-state index contributed by atoms with van der Waals surface area (Å²) in [7, 11) is -3.76. The van der Waals surface area contributed by atoms with Crippen LogP contribution in [-0.4, -0.2) is 50.6 Å². The normalized spacial score (nSPS) is 29.5. The minimum absolute atomic E-state index is 0.171. The molecule has 3 heterocycles. The van der Waals surface area contributed by atoms with Gasteiger partial charge in [0.25, 0.3) is 0 Å². The first kappa shape index (κ1) is 19.5. The van der Waals surface area contributed by atoms with Crippen molar-refractivity contribution in [2.24, 2.45) is 5.41 Å². The van der Waals surface area contributed by atoms with Gasteiger partial charge in [-0.2, -0.15) is 4.31 Å². The second-order valence-corrected chi connectivity index (χ2v) is 9.52. The Morgan fingerprint density at radius 2 is 1.96 bits per heavy atom. The van der Waals surface area contributed by atoms with Crippen LogP contribution in [0.2, 0.25) is 0 Å². The van der Waals surface area contributed by atoms with Gasteiger partial charge in [0.2, 0.25) is 10.0 Å². The van der Waals surface area contributed by atoms with Gasteiger partial charge in [0.1, 0.15) is 0 Å². The van der Waals surface area contributed by atoms with Crippen molar-refractivity contribution in [2.75, 3.05) is 19.8 Å². The average molecular weight is 410 g/mol. The number of sulfonamides is 1. The molecular formula is C20H27NO6S. The predicted molar refractivity (Wildman–Crippen MR) is 102 cm³/mol. The van der Waals surface area contributed by atoms with Gasteiger partial charge < -0.3 is 14.2 Å². The molecule has 2 saturated heterocycles. The number of benzene rings is 1. The van der Waals surface area contributed by atoms with E-state index in [9.17, 15) is 13.2 Å². The molecule has 3 aliphatic heterocycles. The Bertz CT molecular complexity index is 869. The van der Waals surface area contributed by atoms with Crippen LogP contribution in [0.5, 0.6) is 11.5 Å². The van der Waals surface area contributed by atoms with Gasteiger partial charge >= 0.3 is 5.97 Å². The van der Waals surface area contributed by atoms with Crippen LogP contribution in [0.4, 0.5) is 0 Å². The zero-order valence-corrected chi connectivity index (χ0v) is 17.2. The van der Waals surface area contributed by atoms with Crippen LogP contribution < -0.4 is 9.47 Å². The molecule has 3 atom stereocenters. The fourth-order valence-corrected chi connectivity index (χ4v) is 6.89. The number of rotatable bonds is 5. The molecule has 0 radical (unpaired) electrons. The number of ether oxygens (including phenoxy) is 3. The van der Waals surface area contributed by atoms with E-state index in [4.69, 9.17) is 14.2 Å². The lowest BCUT2D eigenvalue weighted by Crippen LogP contribution is -2.45. The molecule has 0 unspecified atom stereocenters. The molecule has 154 valence electrons. The molecule has 0 aliphatic carbocycles. The largest absolute Gasteiger partial charge is 0.490 e. The number of hydrogen-bond donors (Lipinski definition) is 0. The Hall–Kier alpha value is -1.80. The van der Waals surface area contributed by atoms with Crippen molar-refractivity contribution in [3.05, 3.63) is 18.2 Å². The molecule has 7 nitrogen and oxygen atoms in total. The van der Waals surface area contributed by atoms with Crippen LogP contribution in [0.15, 0.2) is 23.1 Å². The summed E-state index contributed by atoms with van der Waals surface area (Å²) in [6, 6.07) is 4.24. The highest BCUT2D eigenvalue weighted by molar-refractivity contribution is 7.89. The predicted octanol–water partition coefficient (Wildman–Crippen LogP) is 2.73. The first-order chi connectivity index (χ1) is 13.4. The van der Waals surface area contributed by atoms with Crippen molar-refractivity contribution in [1.82, 2.24) is 4.31 Å². The third kappa shape index (κ3) is 2.88. The molecule has 2 bridgehead atoms. The number of fused-ring (bicyclic) bond motifs is 3. The summed E-state index contributed by atoms with van der Waals surface area (Å²) in [6.07, 6.45) is 3.30. The van der Waals surface area contributed by atoms with Gasteiger partial charge in [0, 0.05) is 24.6 Å². The van der Waals surface area contributed by atoms with E-state index >= 15 is 0 Å². The first-order valence-electron chi connectivity index (χ1n) is 10.0. The number of carbonyl (C=O) groups excluding carboxylic acids is 1. The minimum atomic E-state index is -3.76. The molecule has 0 saturated carbocycles. The molecule has 3 aliphatic rings. The average Bonchev–Trinajstić information content (AvgIpc) is 3.16. The third-order valence-electron chi connectivity index (χ3n) is 6.29. The summed E-state index contributed by atoms with van der Waals surface area (Å²) >= 11 is 0. The molecule has 1 aromatic rings. The summed E-state index contributed by atoms with van der Waals surface area (Å²) in [6.45, 7) is 5.06. The van der Waals surface area contributed by atoms with Gasteiger partial charge in [0.05, 0.1) is 30.1 Å². The van der Waals surface area contributed by atoms with Crippen LogP contribution in [0.1, 0.15) is 46.0 Å². The van der Waals surface area contributed by atoms with E-state index in [2.05, 4.69) is 0 Å². The van der Waals surface area contributed by atoms with Crippen molar-refractivity contribution in [3.8, 4) is 11.5 Å². The zero-order valence-electron chi connectivity index (χ0n) is 16.3. The fraction of sp³-hybridized carbons (Fsp3) is 0.650. The first-order valence-corrected chi connectivity index (χ1v) is 11.5. The van der Waals surface area contributed by atoms with Crippen LogP contribution in [0, 0.1) is 5.41 Å². The molecular weight excluding hydrogens is 382 g/mol. The third-order valence-corrected chi connectivity index (χ3v) is 8.24. The van der Waals surface area contributed by atoms with Gasteiger partial charge in [-0.05, 0) is 44.7 Å². The van der Waals surface area contributed by atoms with Gasteiger partial charge in [0.15, 0.2) is 11.5 Å². The lowest BCUT2D eigenvalue weighted by molar-refractivity contribution is -0.157. The van der Waals surface area contributed by atoms with Crippen molar-refractivity contribution in [2.45, 2.75) is 62.9 Å². The lowest BCUT2D eigenvalue weighted by atomic mass is 9.72. The second kappa shape index (κ2) is 7.22.